The van der Waals surface area contributed by atoms with E-state index in [1.807, 2.05) is 13.8 Å². The third-order valence-electron chi connectivity index (χ3n) is 2.20. The Morgan fingerprint density at radius 2 is 2.00 bits per heavy atom. The standard InChI is InChI=1S/C11H23FN2O3.C2H6.2H2/c1-3-11(15)14-8-10(12)9(2)17-7-6-16-5-4-13;1-2;;/h9-10H,3-8,13H2,1-2H3,(H,14,15);1-2H3;2*1H. The highest BCUT2D eigenvalue weighted by molar-refractivity contribution is 5.75. The number of carbonyl (C=O) groups is 1. The van der Waals surface area contributed by atoms with Gasteiger partial charge >= 0.3 is 0 Å². The number of halogens is 1. The SMILES string of the molecule is CC.CCC(=O)NCC(F)C(C)OCCOCCN.[HH].[HH]. The summed E-state index contributed by atoms with van der Waals surface area (Å²) in [7, 11) is 0. The highest BCUT2D eigenvalue weighted by atomic mass is 19.1. The number of alkyl halides is 1. The van der Waals surface area contributed by atoms with Gasteiger partial charge in [-0.05, 0) is 6.92 Å². The molecule has 0 bridgehead atoms. The Labute approximate surface area is 119 Å². The summed E-state index contributed by atoms with van der Waals surface area (Å²) in [4.78, 5) is 10.9. The van der Waals surface area contributed by atoms with Crippen LogP contribution < -0.4 is 11.1 Å². The summed E-state index contributed by atoms with van der Waals surface area (Å²) in [6.45, 7) is 8.99. The molecule has 6 heteroatoms. The van der Waals surface area contributed by atoms with Crippen LogP contribution in [0, 0.1) is 0 Å². The molecule has 0 rings (SSSR count). The minimum Gasteiger partial charge on any atom is -0.378 e. The summed E-state index contributed by atoms with van der Waals surface area (Å²) < 4.78 is 23.8. The van der Waals surface area contributed by atoms with Gasteiger partial charge in [0.15, 0.2) is 0 Å². The number of rotatable bonds is 10. The van der Waals surface area contributed by atoms with Gasteiger partial charge in [-0.3, -0.25) is 4.79 Å². The van der Waals surface area contributed by atoms with Gasteiger partial charge in [-0.15, -0.1) is 0 Å². The molecule has 0 heterocycles. The molecule has 2 atom stereocenters. The number of carbonyl (C=O) groups excluding carboxylic acids is 1. The van der Waals surface area contributed by atoms with Crippen LogP contribution in [0.2, 0.25) is 0 Å². The Kier molecular flexibility index (Phi) is 16.6. The summed E-state index contributed by atoms with van der Waals surface area (Å²) in [5.41, 5.74) is 5.23. The van der Waals surface area contributed by atoms with Gasteiger partial charge in [0.1, 0.15) is 6.17 Å². The summed E-state index contributed by atoms with van der Waals surface area (Å²) in [6.07, 6.45) is -1.41. The average molecular weight is 284 g/mol. The van der Waals surface area contributed by atoms with Crippen LogP contribution in [0.1, 0.15) is 37.0 Å². The second-order valence-electron chi connectivity index (χ2n) is 3.65. The van der Waals surface area contributed by atoms with E-state index in [4.69, 9.17) is 15.2 Å². The number of hydrogen-bond donors (Lipinski definition) is 2. The first kappa shape index (κ1) is 20.6. The van der Waals surface area contributed by atoms with E-state index in [1.165, 1.54) is 0 Å². The number of nitrogens with two attached hydrogens (primary N) is 1. The van der Waals surface area contributed by atoms with Gasteiger partial charge in [0.05, 0.1) is 32.5 Å². The van der Waals surface area contributed by atoms with Crippen molar-refractivity contribution in [2.75, 3.05) is 32.9 Å². The van der Waals surface area contributed by atoms with Gasteiger partial charge in [-0.25, -0.2) is 4.39 Å². The topological polar surface area (TPSA) is 73.6 Å². The predicted molar refractivity (Wildman–Crippen MR) is 79.1 cm³/mol. The highest BCUT2D eigenvalue weighted by Gasteiger charge is 2.17. The van der Waals surface area contributed by atoms with Crippen LogP contribution in [0.3, 0.4) is 0 Å². The minimum absolute atomic E-state index is 0. The fraction of sp³-hybridized carbons (Fsp3) is 0.923. The van der Waals surface area contributed by atoms with Crippen molar-refractivity contribution in [1.82, 2.24) is 5.32 Å². The molecule has 120 valence electrons. The molecule has 3 N–H and O–H groups in total. The van der Waals surface area contributed by atoms with E-state index in [-0.39, 0.29) is 15.3 Å². The van der Waals surface area contributed by atoms with Crippen molar-refractivity contribution in [3.8, 4) is 0 Å². The molecule has 0 saturated heterocycles. The number of nitrogens with one attached hydrogen (secondary N) is 1. The van der Waals surface area contributed by atoms with Crippen molar-refractivity contribution < 1.29 is 21.5 Å². The Balaban J connectivity index is -0.000000344. The monoisotopic (exact) mass is 284 g/mol. The zero-order valence-corrected chi connectivity index (χ0v) is 12.6. The molecule has 0 spiro atoms. The fourth-order valence-electron chi connectivity index (χ4n) is 1.09. The Hall–Kier alpha value is -0.720. The maximum atomic E-state index is 13.5. The van der Waals surface area contributed by atoms with Crippen molar-refractivity contribution in [2.24, 2.45) is 5.73 Å². The lowest BCUT2D eigenvalue weighted by Crippen LogP contribution is -2.36. The van der Waals surface area contributed by atoms with Gasteiger partial charge < -0.3 is 20.5 Å². The molecule has 19 heavy (non-hydrogen) atoms. The zero-order valence-electron chi connectivity index (χ0n) is 12.6. The first-order valence-electron chi connectivity index (χ1n) is 6.92. The Bertz CT molecular complexity index is 216. The minimum atomic E-state index is -1.21. The van der Waals surface area contributed by atoms with E-state index in [1.54, 1.807) is 13.8 Å². The van der Waals surface area contributed by atoms with Crippen molar-refractivity contribution in [3.63, 3.8) is 0 Å². The maximum absolute atomic E-state index is 13.5. The molecular formula is C13H33FN2O3. The van der Waals surface area contributed by atoms with Gasteiger partial charge in [0.25, 0.3) is 0 Å². The fourth-order valence-corrected chi connectivity index (χ4v) is 1.09. The number of ether oxygens (including phenoxy) is 2. The van der Waals surface area contributed by atoms with Crippen molar-refractivity contribution >= 4 is 5.91 Å². The normalized spacial score (nSPS) is 13.2. The van der Waals surface area contributed by atoms with E-state index in [9.17, 15) is 9.18 Å². The summed E-state index contributed by atoms with van der Waals surface area (Å²) in [6, 6.07) is 0. The van der Waals surface area contributed by atoms with Crippen LogP contribution in [0.4, 0.5) is 4.39 Å². The van der Waals surface area contributed by atoms with E-state index < -0.39 is 12.3 Å². The summed E-state index contributed by atoms with van der Waals surface area (Å²) >= 11 is 0. The van der Waals surface area contributed by atoms with Crippen LogP contribution in [-0.2, 0) is 14.3 Å². The van der Waals surface area contributed by atoms with Crippen LogP contribution in [-0.4, -0.2) is 51.1 Å². The molecule has 2 unspecified atom stereocenters. The van der Waals surface area contributed by atoms with Gasteiger partial charge in [-0.2, -0.15) is 0 Å². The molecule has 0 aromatic rings. The first-order chi connectivity index (χ1) is 9.11. The van der Waals surface area contributed by atoms with Crippen molar-refractivity contribution in [3.05, 3.63) is 0 Å². The third-order valence-corrected chi connectivity index (χ3v) is 2.20. The van der Waals surface area contributed by atoms with Gasteiger partial charge in [0.2, 0.25) is 5.91 Å². The molecule has 1 amide bonds. The maximum Gasteiger partial charge on any atom is 0.219 e. The second-order valence-corrected chi connectivity index (χ2v) is 3.65. The predicted octanol–water partition coefficient (Wildman–Crippen LogP) is 1.75. The first-order valence-corrected chi connectivity index (χ1v) is 6.92. The second kappa shape index (κ2) is 15.3. The third kappa shape index (κ3) is 13.5. The van der Waals surface area contributed by atoms with Crippen LogP contribution in [0.15, 0.2) is 0 Å². The number of amides is 1. The molecule has 0 aromatic heterocycles. The molecule has 5 nitrogen and oxygen atoms in total. The molecule has 0 aromatic carbocycles. The van der Waals surface area contributed by atoms with Crippen LogP contribution >= 0.6 is 0 Å². The van der Waals surface area contributed by atoms with Crippen molar-refractivity contribution in [2.45, 2.75) is 46.4 Å². The molecular weight excluding hydrogens is 251 g/mol. The van der Waals surface area contributed by atoms with Gasteiger partial charge in [0, 0.05) is 15.8 Å². The highest BCUT2D eigenvalue weighted by Crippen LogP contribution is 2.02. The Morgan fingerprint density at radius 3 is 2.53 bits per heavy atom. The van der Waals surface area contributed by atoms with Crippen LogP contribution in [0.25, 0.3) is 0 Å². The van der Waals surface area contributed by atoms with Crippen molar-refractivity contribution in [1.29, 1.82) is 0 Å². The lowest BCUT2D eigenvalue weighted by Gasteiger charge is -2.18. The quantitative estimate of drug-likeness (QED) is 0.599. The molecule has 0 saturated carbocycles. The molecule has 0 aliphatic heterocycles. The molecule has 0 aliphatic rings. The number of hydrogen-bond acceptors (Lipinski definition) is 4. The van der Waals surface area contributed by atoms with Gasteiger partial charge in [-0.1, -0.05) is 20.8 Å². The molecule has 0 fully saturated rings. The summed E-state index contributed by atoms with van der Waals surface area (Å²) in [5, 5.41) is 2.48. The largest absolute Gasteiger partial charge is 0.378 e. The lowest BCUT2D eigenvalue weighted by molar-refractivity contribution is -0.121. The van der Waals surface area contributed by atoms with E-state index in [0.717, 1.165) is 0 Å². The molecule has 0 radical (unpaired) electrons. The summed E-state index contributed by atoms with van der Waals surface area (Å²) in [5.74, 6) is -0.161. The average Bonchev–Trinajstić information content (AvgIpc) is 2.45. The van der Waals surface area contributed by atoms with E-state index in [2.05, 4.69) is 5.32 Å². The smallest absolute Gasteiger partial charge is 0.219 e. The molecule has 0 aliphatic carbocycles. The zero-order chi connectivity index (χ0) is 15.1. The van der Waals surface area contributed by atoms with E-state index >= 15 is 0 Å². The Morgan fingerprint density at radius 1 is 1.37 bits per heavy atom. The van der Waals surface area contributed by atoms with E-state index in [0.29, 0.717) is 32.8 Å². The van der Waals surface area contributed by atoms with Crippen LogP contribution in [0.5, 0.6) is 0 Å². The lowest BCUT2D eigenvalue weighted by atomic mass is 10.2.